The molecular weight excluding hydrogens is 399 g/mol. The molecule has 0 aliphatic carbocycles. The normalized spacial score (nSPS) is 11.4. The SMILES string of the molecule is CCOP(=O)(OCC)C(C=C(SCC)SCC)=C(SCC)SCC. The molecule has 0 saturated carbocycles. The van der Waals surface area contributed by atoms with Gasteiger partial charge in [-0.05, 0) is 42.9 Å². The van der Waals surface area contributed by atoms with E-state index in [2.05, 4.69) is 27.7 Å². The lowest BCUT2D eigenvalue weighted by Gasteiger charge is -2.21. The minimum Gasteiger partial charge on any atom is -0.305 e. The van der Waals surface area contributed by atoms with Crippen LogP contribution in [0.2, 0.25) is 0 Å². The molecule has 0 aromatic carbocycles. The summed E-state index contributed by atoms with van der Waals surface area (Å²) in [5.41, 5.74) is 0. The van der Waals surface area contributed by atoms with E-state index in [4.69, 9.17) is 9.05 Å². The predicted octanol–water partition coefficient (Wildman–Crippen LogP) is 7.28. The Hall–Kier alpha value is 1.03. The standard InChI is InChI=1S/C16H31O3PS4/c1-7-18-20(17,19-8-2)14(16(23-11-5)24-12-6)13-15(21-9-3)22-10-4/h13H,7-12H2,1-6H3. The molecular formula is C16H31O3PS4. The Labute approximate surface area is 165 Å². The Bertz CT molecular complexity index is 427. The van der Waals surface area contributed by atoms with Gasteiger partial charge in [0.25, 0.3) is 0 Å². The highest BCUT2D eigenvalue weighted by atomic mass is 32.2. The second-order valence-corrected chi connectivity index (χ2v) is 11.9. The van der Waals surface area contributed by atoms with Gasteiger partial charge in [0.2, 0.25) is 0 Å². The Morgan fingerprint density at radius 1 is 0.792 bits per heavy atom. The first-order valence-electron chi connectivity index (χ1n) is 8.39. The van der Waals surface area contributed by atoms with Crippen LogP contribution in [0.3, 0.4) is 0 Å². The molecule has 0 atom stereocenters. The van der Waals surface area contributed by atoms with Gasteiger partial charge in [-0.25, -0.2) is 0 Å². The van der Waals surface area contributed by atoms with Gasteiger partial charge in [-0.15, -0.1) is 47.0 Å². The first-order valence-corrected chi connectivity index (χ1v) is 13.9. The molecule has 8 heteroatoms. The molecule has 0 aliphatic heterocycles. The van der Waals surface area contributed by atoms with Gasteiger partial charge in [-0.1, -0.05) is 27.7 Å². The van der Waals surface area contributed by atoms with Crippen molar-refractivity contribution in [1.82, 2.24) is 0 Å². The molecule has 0 rings (SSSR count). The summed E-state index contributed by atoms with van der Waals surface area (Å²) < 4.78 is 27.0. The number of hydrogen-bond acceptors (Lipinski definition) is 7. The first-order chi connectivity index (χ1) is 11.5. The van der Waals surface area contributed by atoms with E-state index >= 15 is 0 Å². The van der Waals surface area contributed by atoms with E-state index in [9.17, 15) is 4.57 Å². The maximum absolute atomic E-state index is 13.5. The van der Waals surface area contributed by atoms with Crippen molar-refractivity contribution in [1.29, 1.82) is 0 Å². The van der Waals surface area contributed by atoms with Crippen LogP contribution in [0.5, 0.6) is 0 Å². The number of allylic oxidation sites excluding steroid dienone is 2. The van der Waals surface area contributed by atoms with E-state index in [0.717, 1.165) is 32.6 Å². The fraction of sp³-hybridized carbons (Fsp3) is 0.750. The van der Waals surface area contributed by atoms with E-state index in [1.165, 1.54) is 4.24 Å². The van der Waals surface area contributed by atoms with E-state index in [1.807, 2.05) is 19.9 Å². The largest absolute Gasteiger partial charge is 0.363 e. The van der Waals surface area contributed by atoms with Crippen molar-refractivity contribution in [3.8, 4) is 0 Å². The lowest BCUT2D eigenvalue weighted by Crippen LogP contribution is -2.00. The fourth-order valence-corrected chi connectivity index (χ4v) is 8.51. The van der Waals surface area contributed by atoms with Crippen LogP contribution in [0.25, 0.3) is 0 Å². The molecule has 0 bridgehead atoms. The lowest BCUT2D eigenvalue weighted by molar-refractivity contribution is 0.227. The average molecular weight is 431 g/mol. The summed E-state index contributed by atoms with van der Waals surface area (Å²) in [6.07, 6.45) is 2.04. The zero-order valence-corrected chi connectivity index (χ0v) is 19.8. The van der Waals surface area contributed by atoms with Crippen molar-refractivity contribution in [2.75, 3.05) is 36.2 Å². The van der Waals surface area contributed by atoms with Gasteiger partial charge < -0.3 is 9.05 Å². The van der Waals surface area contributed by atoms with Gasteiger partial charge in [0.1, 0.15) is 0 Å². The molecule has 0 saturated heterocycles. The number of hydrogen-bond donors (Lipinski definition) is 0. The number of thioether (sulfide) groups is 4. The van der Waals surface area contributed by atoms with Crippen molar-refractivity contribution in [2.24, 2.45) is 0 Å². The smallest absolute Gasteiger partial charge is 0.305 e. The molecule has 0 fully saturated rings. The van der Waals surface area contributed by atoms with Crippen LogP contribution in [-0.2, 0) is 13.6 Å². The molecule has 0 spiro atoms. The number of rotatable bonds is 14. The first kappa shape index (κ1) is 25.0. The molecule has 0 aliphatic rings. The summed E-state index contributed by atoms with van der Waals surface area (Å²) in [6, 6.07) is 0. The van der Waals surface area contributed by atoms with Crippen LogP contribution >= 0.6 is 54.6 Å². The molecule has 3 nitrogen and oxygen atoms in total. The van der Waals surface area contributed by atoms with Gasteiger partial charge in [0, 0.05) is 4.24 Å². The minimum absolute atomic E-state index is 0.368. The quantitative estimate of drug-likeness (QED) is 0.212. The summed E-state index contributed by atoms with van der Waals surface area (Å²) in [5, 5.41) is 0.724. The molecule has 24 heavy (non-hydrogen) atoms. The van der Waals surface area contributed by atoms with Gasteiger partial charge in [0.15, 0.2) is 0 Å². The summed E-state index contributed by atoms with van der Waals surface area (Å²) >= 11 is 6.97. The minimum atomic E-state index is -3.31. The van der Waals surface area contributed by atoms with Crippen LogP contribution in [0, 0.1) is 0 Å². The Kier molecular flexibility index (Phi) is 15.8. The van der Waals surface area contributed by atoms with Gasteiger partial charge in [0.05, 0.1) is 22.8 Å². The molecule has 0 radical (unpaired) electrons. The van der Waals surface area contributed by atoms with Crippen LogP contribution in [0.1, 0.15) is 41.5 Å². The van der Waals surface area contributed by atoms with Gasteiger partial charge in [-0.3, -0.25) is 4.57 Å². The molecule has 0 N–H and O–H groups in total. The zero-order chi connectivity index (χ0) is 18.4. The monoisotopic (exact) mass is 430 g/mol. The molecule has 0 aromatic heterocycles. The van der Waals surface area contributed by atoms with Crippen molar-refractivity contribution < 1.29 is 13.6 Å². The summed E-state index contributed by atoms with van der Waals surface area (Å²) in [6.45, 7) is 12.9. The summed E-state index contributed by atoms with van der Waals surface area (Å²) in [7, 11) is -3.31. The third-order valence-corrected chi connectivity index (χ3v) is 9.26. The maximum Gasteiger partial charge on any atom is 0.363 e. The van der Waals surface area contributed by atoms with Crippen molar-refractivity contribution in [3.63, 3.8) is 0 Å². The van der Waals surface area contributed by atoms with Crippen molar-refractivity contribution in [3.05, 3.63) is 19.9 Å². The highest BCUT2D eigenvalue weighted by Crippen LogP contribution is 2.61. The van der Waals surface area contributed by atoms with Crippen LogP contribution < -0.4 is 0 Å². The Morgan fingerprint density at radius 3 is 1.54 bits per heavy atom. The lowest BCUT2D eigenvalue weighted by atomic mass is 10.6. The molecule has 0 unspecified atom stereocenters. The van der Waals surface area contributed by atoms with Crippen LogP contribution in [0.15, 0.2) is 19.9 Å². The zero-order valence-electron chi connectivity index (χ0n) is 15.6. The van der Waals surface area contributed by atoms with E-state index in [0.29, 0.717) is 13.2 Å². The second kappa shape index (κ2) is 15.1. The average Bonchev–Trinajstić information content (AvgIpc) is 2.53. The highest BCUT2D eigenvalue weighted by Gasteiger charge is 2.32. The molecule has 0 heterocycles. The highest BCUT2D eigenvalue weighted by molar-refractivity contribution is 8.23. The second-order valence-electron chi connectivity index (χ2n) is 4.20. The van der Waals surface area contributed by atoms with Crippen LogP contribution in [-0.4, -0.2) is 36.2 Å². The molecule has 0 amide bonds. The summed E-state index contributed by atoms with van der Waals surface area (Å²) in [5.74, 6) is 3.82. The molecule has 142 valence electrons. The Morgan fingerprint density at radius 2 is 1.21 bits per heavy atom. The maximum atomic E-state index is 13.5. The summed E-state index contributed by atoms with van der Waals surface area (Å²) in [4.78, 5) is 0. The van der Waals surface area contributed by atoms with Crippen molar-refractivity contribution >= 4 is 54.6 Å². The van der Waals surface area contributed by atoms with Gasteiger partial charge >= 0.3 is 7.60 Å². The van der Waals surface area contributed by atoms with E-state index in [1.54, 1.807) is 47.0 Å². The topological polar surface area (TPSA) is 35.5 Å². The van der Waals surface area contributed by atoms with Gasteiger partial charge in [-0.2, -0.15) is 0 Å². The molecule has 0 aromatic rings. The Balaban J connectivity index is 6.17. The third-order valence-electron chi connectivity index (χ3n) is 2.48. The third kappa shape index (κ3) is 9.11. The fourth-order valence-electron chi connectivity index (χ4n) is 1.74. The van der Waals surface area contributed by atoms with Crippen LogP contribution in [0.4, 0.5) is 0 Å². The predicted molar refractivity (Wildman–Crippen MR) is 118 cm³/mol. The van der Waals surface area contributed by atoms with E-state index < -0.39 is 7.60 Å². The van der Waals surface area contributed by atoms with Crippen molar-refractivity contribution in [2.45, 2.75) is 41.5 Å². The van der Waals surface area contributed by atoms with E-state index in [-0.39, 0.29) is 0 Å².